The van der Waals surface area contributed by atoms with Gasteiger partial charge in [0, 0.05) is 31.2 Å². The van der Waals surface area contributed by atoms with Crippen LogP contribution < -0.4 is 4.74 Å². The van der Waals surface area contributed by atoms with Crippen molar-refractivity contribution in [1.82, 2.24) is 9.80 Å². The van der Waals surface area contributed by atoms with Crippen LogP contribution in [0, 0.1) is 17.1 Å². The highest BCUT2D eigenvalue weighted by Crippen LogP contribution is 2.20. The normalized spacial score (nSPS) is 14.8. The monoisotopic (exact) mass is 415 g/mol. The molecule has 1 heterocycles. The molecule has 1 fully saturated rings. The Kier molecular flexibility index (Phi) is 6.35. The molecule has 0 spiro atoms. The number of para-hydroxylation sites is 1. The van der Waals surface area contributed by atoms with Crippen molar-refractivity contribution < 1.29 is 18.7 Å². The second-order valence-corrected chi connectivity index (χ2v) is 7.05. The molecule has 1 aliphatic heterocycles. The van der Waals surface area contributed by atoms with Crippen molar-refractivity contribution in [1.29, 1.82) is 5.26 Å². The van der Waals surface area contributed by atoms with Gasteiger partial charge < -0.3 is 14.5 Å². The first-order valence-corrected chi connectivity index (χ1v) is 9.47. The number of halogens is 2. The number of hydrogen-bond acceptors (Lipinski definition) is 4. The Morgan fingerprint density at radius 3 is 2.48 bits per heavy atom. The fourth-order valence-electron chi connectivity index (χ4n) is 3.12. The van der Waals surface area contributed by atoms with Gasteiger partial charge in [-0.2, -0.15) is 5.26 Å². The van der Waals surface area contributed by atoms with Gasteiger partial charge in [-0.15, -0.1) is 0 Å². The molecule has 1 aliphatic rings. The van der Waals surface area contributed by atoms with Crippen LogP contribution in [0.3, 0.4) is 0 Å². The Morgan fingerprint density at radius 1 is 1.14 bits per heavy atom. The quantitative estimate of drug-likeness (QED) is 0.769. The van der Waals surface area contributed by atoms with Crippen molar-refractivity contribution in [3.05, 3.63) is 64.4 Å². The number of nitrogens with zero attached hydrogens (tertiary/aromatic N) is 3. The maximum absolute atomic E-state index is 13.9. The number of carbonyl (C=O) groups excluding carboxylic acids is 2. The van der Waals surface area contributed by atoms with Gasteiger partial charge in [0.05, 0.1) is 11.1 Å². The maximum atomic E-state index is 13.9. The van der Waals surface area contributed by atoms with E-state index in [2.05, 4.69) is 0 Å². The maximum Gasteiger partial charge on any atom is 0.263 e. The highest BCUT2D eigenvalue weighted by molar-refractivity contribution is 6.31. The van der Waals surface area contributed by atoms with Crippen molar-refractivity contribution in [2.24, 2.45) is 0 Å². The van der Waals surface area contributed by atoms with Crippen LogP contribution in [-0.2, 0) is 4.79 Å². The summed E-state index contributed by atoms with van der Waals surface area (Å²) in [7, 11) is 0. The lowest BCUT2D eigenvalue weighted by Crippen LogP contribution is -2.53. The third-order valence-corrected chi connectivity index (χ3v) is 4.93. The van der Waals surface area contributed by atoms with Crippen LogP contribution in [0.4, 0.5) is 4.39 Å². The number of carbonyl (C=O) groups is 2. The Labute approximate surface area is 173 Å². The summed E-state index contributed by atoms with van der Waals surface area (Å²) >= 11 is 5.86. The molecule has 3 rings (SSSR count). The predicted molar refractivity (Wildman–Crippen MR) is 105 cm³/mol. The van der Waals surface area contributed by atoms with Gasteiger partial charge in [0.2, 0.25) is 0 Å². The van der Waals surface area contributed by atoms with E-state index in [1.54, 1.807) is 36.1 Å². The second kappa shape index (κ2) is 8.93. The largest absolute Gasteiger partial charge is 0.480 e. The van der Waals surface area contributed by atoms with Crippen molar-refractivity contribution in [3.8, 4) is 11.8 Å². The summed E-state index contributed by atoms with van der Waals surface area (Å²) in [5.41, 5.74) is 0.271. The van der Waals surface area contributed by atoms with E-state index in [9.17, 15) is 14.0 Å². The molecule has 0 radical (unpaired) electrons. The van der Waals surface area contributed by atoms with E-state index >= 15 is 0 Å². The van der Waals surface area contributed by atoms with Crippen molar-refractivity contribution in [2.75, 3.05) is 26.2 Å². The zero-order valence-corrected chi connectivity index (χ0v) is 16.5. The highest BCUT2D eigenvalue weighted by atomic mass is 35.5. The molecule has 2 aromatic carbocycles. The van der Waals surface area contributed by atoms with E-state index in [0.717, 1.165) is 6.07 Å². The first-order valence-electron chi connectivity index (χ1n) is 9.09. The standard InChI is InChI=1S/C21H19ClFN3O3/c1-14(29-19-5-3-2-4-15(19)13-24)20(27)25-8-10-26(11-9-25)21(28)17-12-16(22)6-7-18(17)23/h2-7,12,14H,8-11H2,1H3. The van der Waals surface area contributed by atoms with Gasteiger partial charge in [0.1, 0.15) is 17.6 Å². The Hall–Kier alpha value is -3.11. The van der Waals surface area contributed by atoms with Gasteiger partial charge in [-0.1, -0.05) is 23.7 Å². The molecule has 8 heteroatoms. The lowest BCUT2D eigenvalue weighted by atomic mass is 10.1. The molecular weight excluding hydrogens is 397 g/mol. The zero-order chi connectivity index (χ0) is 21.0. The topological polar surface area (TPSA) is 73.6 Å². The summed E-state index contributed by atoms with van der Waals surface area (Å²) < 4.78 is 19.6. The number of hydrogen-bond donors (Lipinski definition) is 0. The number of amides is 2. The molecule has 0 aliphatic carbocycles. The fourth-order valence-corrected chi connectivity index (χ4v) is 3.29. The first kappa shape index (κ1) is 20.6. The number of piperazine rings is 1. The third kappa shape index (κ3) is 4.66. The average molecular weight is 416 g/mol. The van der Waals surface area contributed by atoms with Crippen LogP contribution in [0.25, 0.3) is 0 Å². The molecule has 150 valence electrons. The average Bonchev–Trinajstić information content (AvgIpc) is 2.75. The number of rotatable bonds is 4. The minimum atomic E-state index is -0.780. The molecule has 0 bridgehead atoms. The lowest BCUT2D eigenvalue weighted by molar-refractivity contribution is -0.139. The highest BCUT2D eigenvalue weighted by Gasteiger charge is 2.29. The molecule has 29 heavy (non-hydrogen) atoms. The van der Waals surface area contributed by atoms with Gasteiger partial charge in [0.15, 0.2) is 6.10 Å². The Bertz CT molecular complexity index is 968. The fraction of sp³-hybridized carbons (Fsp3) is 0.286. The van der Waals surface area contributed by atoms with E-state index in [-0.39, 0.29) is 29.6 Å². The molecule has 0 N–H and O–H groups in total. The van der Waals surface area contributed by atoms with Crippen molar-refractivity contribution >= 4 is 23.4 Å². The summed E-state index contributed by atoms with van der Waals surface area (Å²) in [5.74, 6) is -0.972. The van der Waals surface area contributed by atoms with Crippen LogP contribution in [0.15, 0.2) is 42.5 Å². The zero-order valence-electron chi connectivity index (χ0n) is 15.8. The van der Waals surface area contributed by atoms with Gasteiger partial charge in [-0.05, 0) is 37.3 Å². The van der Waals surface area contributed by atoms with Crippen molar-refractivity contribution in [3.63, 3.8) is 0 Å². The van der Waals surface area contributed by atoms with Gasteiger partial charge >= 0.3 is 0 Å². The minimum Gasteiger partial charge on any atom is -0.480 e. The van der Waals surface area contributed by atoms with Crippen LogP contribution >= 0.6 is 11.6 Å². The molecule has 1 saturated heterocycles. The molecule has 6 nitrogen and oxygen atoms in total. The summed E-state index contributed by atoms with van der Waals surface area (Å²) in [4.78, 5) is 28.3. The van der Waals surface area contributed by atoms with E-state index in [1.807, 2.05) is 6.07 Å². The summed E-state index contributed by atoms with van der Waals surface area (Å²) in [6.07, 6.45) is -0.780. The van der Waals surface area contributed by atoms with Crippen LogP contribution in [0.2, 0.25) is 5.02 Å². The smallest absolute Gasteiger partial charge is 0.263 e. The number of ether oxygens (including phenoxy) is 1. The second-order valence-electron chi connectivity index (χ2n) is 6.61. The summed E-state index contributed by atoms with van der Waals surface area (Å²) in [6, 6.07) is 12.6. The molecule has 2 aromatic rings. The minimum absolute atomic E-state index is 0.0814. The Balaban J connectivity index is 1.60. The van der Waals surface area contributed by atoms with Gasteiger partial charge in [0.25, 0.3) is 11.8 Å². The third-order valence-electron chi connectivity index (χ3n) is 4.70. The summed E-state index contributed by atoms with van der Waals surface area (Å²) in [5, 5.41) is 9.42. The first-order chi connectivity index (χ1) is 13.9. The van der Waals surface area contributed by atoms with Crippen molar-refractivity contribution in [2.45, 2.75) is 13.0 Å². The van der Waals surface area contributed by atoms with Gasteiger partial charge in [-0.25, -0.2) is 4.39 Å². The Morgan fingerprint density at radius 2 is 1.79 bits per heavy atom. The van der Waals surface area contributed by atoms with Crippen LogP contribution in [0.5, 0.6) is 5.75 Å². The SMILES string of the molecule is CC(Oc1ccccc1C#N)C(=O)N1CCN(C(=O)c2cc(Cl)ccc2F)CC1. The summed E-state index contributed by atoms with van der Waals surface area (Å²) in [6.45, 7) is 2.78. The molecule has 1 atom stereocenters. The van der Waals surface area contributed by atoms with E-state index in [1.165, 1.54) is 17.0 Å². The molecule has 0 saturated carbocycles. The number of nitriles is 1. The number of benzene rings is 2. The molecular formula is C21H19ClFN3O3. The van der Waals surface area contributed by atoms with E-state index < -0.39 is 17.8 Å². The molecule has 1 unspecified atom stereocenters. The molecule has 2 amide bonds. The lowest BCUT2D eigenvalue weighted by Gasteiger charge is -2.36. The van der Waals surface area contributed by atoms with Crippen LogP contribution in [0.1, 0.15) is 22.8 Å². The predicted octanol–water partition coefficient (Wildman–Crippen LogP) is 3.10. The van der Waals surface area contributed by atoms with Gasteiger partial charge in [-0.3, -0.25) is 9.59 Å². The van der Waals surface area contributed by atoms with E-state index in [0.29, 0.717) is 24.4 Å². The van der Waals surface area contributed by atoms with Crippen LogP contribution in [-0.4, -0.2) is 53.9 Å². The van der Waals surface area contributed by atoms with E-state index in [4.69, 9.17) is 21.6 Å². The molecule has 0 aromatic heterocycles.